The Balaban J connectivity index is 2.11. The second kappa shape index (κ2) is 8.59. The monoisotopic (exact) mass is 323 g/mol. The SMILES string of the molecule is CCc1cccc(CC)c1NC(=O)/C(C#N)=C\NCc1ccco1. The number of nitrogens with zero attached hydrogens (tertiary/aromatic N) is 1. The molecule has 24 heavy (non-hydrogen) atoms. The Morgan fingerprint density at radius 2 is 1.92 bits per heavy atom. The van der Waals surface area contributed by atoms with Gasteiger partial charge in [-0.15, -0.1) is 0 Å². The van der Waals surface area contributed by atoms with Gasteiger partial charge < -0.3 is 15.1 Å². The van der Waals surface area contributed by atoms with E-state index in [4.69, 9.17) is 4.42 Å². The van der Waals surface area contributed by atoms with Gasteiger partial charge in [0.2, 0.25) is 0 Å². The molecule has 0 saturated heterocycles. The molecule has 0 aliphatic carbocycles. The molecule has 0 aliphatic rings. The molecule has 2 rings (SSSR count). The van der Waals surface area contributed by atoms with Crippen molar-refractivity contribution in [3.8, 4) is 6.07 Å². The van der Waals surface area contributed by atoms with Crippen molar-refractivity contribution < 1.29 is 9.21 Å². The normalized spacial score (nSPS) is 11.0. The lowest BCUT2D eigenvalue weighted by atomic mass is 10.0. The van der Waals surface area contributed by atoms with Gasteiger partial charge >= 0.3 is 0 Å². The van der Waals surface area contributed by atoms with Crippen molar-refractivity contribution in [1.29, 1.82) is 5.26 Å². The molecular weight excluding hydrogens is 302 g/mol. The van der Waals surface area contributed by atoms with Crippen molar-refractivity contribution in [2.24, 2.45) is 0 Å². The summed E-state index contributed by atoms with van der Waals surface area (Å²) in [4.78, 5) is 12.4. The molecule has 0 aliphatic heterocycles. The highest BCUT2D eigenvalue weighted by atomic mass is 16.3. The van der Waals surface area contributed by atoms with Gasteiger partial charge in [0.05, 0.1) is 12.8 Å². The maximum absolute atomic E-state index is 12.4. The number of amides is 1. The summed E-state index contributed by atoms with van der Waals surface area (Å²) in [5.74, 6) is 0.314. The van der Waals surface area contributed by atoms with Crippen LogP contribution in [0.25, 0.3) is 0 Å². The van der Waals surface area contributed by atoms with Crippen molar-refractivity contribution in [2.75, 3.05) is 5.32 Å². The fourth-order valence-corrected chi connectivity index (χ4v) is 2.40. The molecule has 2 N–H and O–H groups in total. The molecule has 0 radical (unpaired) electrons. The molecule has 0 bridgehead atoms. The van der Waals surface area contributed by atoms with Crippen LogP contribution in [0.2, 0.25) is 0 Å². The maximum atomic E-state index is 12.4. The minimum Gasteiger partial charge on any atom is -0.467 e. The van der Waals surface area contributed by atoms with Crippen molar-refractivity contribution in [3.05, 3.63) is 65.3 Å². The summed E-state index contributed by atoms with van der Waals surface area (Å²) in [7, 11) is 0. The van der Waals surface area contributed by atoms with E-state index in [1.807, 2.05) is 44.2 Å². The van der Waals surface area contributed by atoms with Gasteiger partial charge in [0.1, 0.15) is 17.4 Å². The van der Waals surface area contributed by atoms with Gasteiger partial charge in [-0.05, 0) is 36.1 Å². The number of nitrogens with one attached hydrogen (secondary N) is 2. The van der Waals surface area contributed by atoms with Gasteiger partial charge in [-0.3, -0.25) is 4.79 Å². The average Bonchev–Trinajstić information content (AvgIpc) is 3.12. The Labute approximate surface area is 142 Å². The first-order valence-electron chi connectivity index (χ1n) is 7.97. The molecule has 1 heterocycles. The summed E-state index contributed by atoms with van der Waals surface area (Å²) in [5, 5.41) is 15.0. The third-order valence-electron chi connectivity index (χ3n) is 3.71. The fourth-order valence-electron chi connectivity index (χ4n) is 2.40. The molecule has 5 heteroatoms. The van der Waals surface area contributed by atoms with Gasteiger partial charge in [0, 0.05) is 11.9 Å². The molecule has 5 nitrogen and oxygen atoms in total. The van der Waals surface area contributed by atoms with E-state index in [-0.39, 0.29) is 5.57 Å². The van der Waals surface area contributed by atoms with Crippen LogP contribution in [0.1, 0.15) is 30.7 Å². The number of nitriles is 1. The zero-order valence-corrected chi connectivity index (χ0v) is 13.9. The minimum absolute atomic E-state index is 0.0227. The van der Waals surface area contributed by atoms with E-state index in [0.717, 1.165) is 35.4 Å². The number of carbonyl (C=O) groups excluding carboxylic acids is 1. The van der Waals surface area contributed by atoms with Crippen molar-refractivity contribution in [1.82, 2.24) is 5.32 Å². The van der Waals surface area contributed by atoms with Crippen LogP contribution in [0.5, 0.6) is 0 Å². The Morgan fingerprint density at radius 3 is 2.46 bits per heavy atom. The van der Waals surface area contributed by atoms with E-state index in [0.29, 0.717) is 6.54 Å². The molecular formula is C19H21N3O2. The van der Waals surface area contributed by atoms with Crippen molar-refractivity contribution >= 4 is 11.6 Å². The zero-order chi connectivity index (χ0) is 17.4. The topological polar surface area (TPSA) is 78.1 Å². The largest absolute Gasteiger partial charge is 0.467 e. The molecule has 0 unspecified atom stereocenters. The highest BCUT2D eigenvalue weighted by molar-refractivity contribution is 6.07. The van der Waals surface area contributed by atoms with Crippen LogP contribution in [0.4, 0.5) is 5.69 Å². The van der Waals surface area contributed by atoms with Crippen molar-refractivity contribution in [3.63, 3.8) is 0 Å². The summed E-state index contributed by atoms with van der Waals surface area (Å²) in [5.41, 5.74) is 2.95. The number of carbonyl (C=O) groups is 1. The van der Waals surface area contributed by atoms with E-state index < -0.39 is 5.91 Å². The molecule has 0 atom stereocenters. The third-order valence-corrected chi connectivity index (χ3v) is 3.71. The first kappa shape index (κ1) is 17.4. The van der Waals surface area contributed by atoms with Gasteiger partial charge in [-0.25, -0.2) is 0 Å². The molecule has 0 saturated carbocycles. The molecule has 1 amide bonds. The first-order valence-corrected chi connectivity index (χ1v) is 7.97. The molecule has 1 aromatic heterocycles. The Bertz CT molecular complexity index is 733. The summed E-state index contributed by atoms with van der Waals surface area (Å²) in [6.45, 7) is 4.49. The Morgan fingerprint density at radius 1 is 1.21 bits per heavy atom. The number of para-hydroxylation sites is 1. The summed E-state index contributed by atoms with van der Waals surface area (Å²) in [6, 6.07) is 11.5. The molecule has 1 aromatic carbocycles. The second-order valence-corrected chi connectivity index (χ2v) is 5.24. The highest BCUT2D eigenvalue weighted by Gasteiger charge is 2.13. The number of anilines is 1. The molecule has 0 fully saturated rings. The summed E-state index contributed by atoms with van der Waals surface area (Å²) in [6.07, 6.45) is 4.61. The van der Waals surface area contributed by atoms with Crippen molar-refractivity contribution in [2.45, 2.75) is 33.2 Å². The Kier molecular flexibility index (Phi) is 6.21. The summed E-state index contributed by atoms with van der Waals surface area (Å²) >= 11 is 0. The predicted octanol–water partition coefficient (Wildman–Crippen LogP) is 3.54. The number of hydrogen-bond donors (Lipinski definition) is 2. The van der Waals surface area contributed by atoms with Gasteiger partial charge in [0.15, 0.2) is 0 Å². The van der Waals surface area contributed by atoms with Gasteiger partial charge in [-0.2, -0.15) is 5.26 Å². The fraction of sp³-hybridized carbons (Fsp3) is 0.263. The van der Waals surface area contributed by atoms with E-state index in [1.54, 1.807) is 12.3 Å². The van der Waals surface area contributed by atoms with Gasteiger partial charge in [0.25, 0.3) is 5.91 Å². The van der Waals surface area contributed by atoms with Crippen LogP contribution in [0, 0.1) is 11.3 Å². The molecule has 2 aromatic rings. The first-order chi connectivity index (χ1) is 11.7. The van der Waals surface area contributed by atoms with Crippen LogP contribution in [-0.4, -0.2) is 5.91 Å². The van der Waals surface area contributed by atoms with Crippen LogP contribution in [0.3, 0.4) is 0 Å². The highest BCUT2D eigenvalue weighted by Crippen LogP contribution is 2.23. The molecule has 124 valence electrons. The van der Waals surface area contributed by atoms with Crippen LogP contribution in [-0.2, 0) is 24.2 Å². The zero-order valence-electron chi connectivity index (χ0n) is 13.9. The number of furan rings is 1. The third kappa shape index (κ3) is 4.26. The second-order valence-electron chi connectivity index (χ2n) is 5.24. The Hall–Kier alpha value is -3.00. The predicted molar refractivity (Wildman–Crippen MR) is 93.1 cm³/mol. The lowest BCUT2D eigenvalue weighted by Crippen LogP contribution is -2.18. The van der Waals surface area contributed by atoms with E-state index in [1.165, 1.54) is 6.20 Å². The average molecular weight is 323 g/mol. The maximum Gasteiger partial charge on any atom is 0.267 e. The van der Waals surface area contributed by atoms with Crippen LogP contribution < -0.4 is 10.6 Å². The van der Waals surface area contributed by atoms with E-state index in [2.05, 4.69) is 10.6 Å². The lowest BCUT2D eigenvalue weighted by molar-refractivity contribution is -0.112. The summed E-state index contributed by atoms with van der Waals surface area (Å²) < 4.78 is 5.19. The van der Waals surface area contributed by atoms with Gasteiger partial charge in [-0.1, -0.05) is 32.0 Å². The standard InChI is InChI=1S/C19H21N3O2/c1-3-14-7-5-8-15(4-2)18(14)22-19(23)16(11-20)12-21-13-17-9-6-10-24-17/h5-10,12,21H,3-4,13H2,1-2H3,(H,22,23)/b16-12-. The molecule has 0 spiro atoms. The number of aryl methyl sites for hydroxylation is 2. The van der Waals surface area contributed by atoms with Crippen LogP contribution >= 0.6 is 0 Å². The van der Waals surface area contributed by atoms with E-state index >= 15 is 0 Å². The number of hydrogen-bond acceptors (Lipinski definition) is 4. The number of rotatable bonds is 7. The number of benzene rings is 1. The smallest absolute Gasteiger partial charge is 0.267 e. The van der Waals surface area contributed by atoms with Crippen LogP contribution in [0.15, 0.2) is 52.8 Å². The quantitative estimate of drug-likeness (QED) is 0.603. The van der Waals surface area contributed by atoms with E-state index in [9.17, 15) is 10.1 Å². The minimum atomic E-state index is -0.417. The lowest BCUT2D eigenvalue weighted by Gasteiger charge is -2.14.